The topological polar surface area (TPSA) is 70.6 Å². The largest absolute Gasteiger partial charge is 0.409 e. The van der Waals surface area contributed by atoms with Crippen LogP contribution in [0.15, 0.2) is 41.6 Å². The predicted molar refractivity (Wildman–Crippen MR) is 82.7 cm³/mol. The van der Waals surface area contributed by atoms with Gasteiger partial charge in [0.25, 0.3) is 0 Å². The Kier molecular flexibility index (Phi) is 4.88. The molecule has 110 valence electrons. The average molecular weight is 328 g/mol. The van der Waals surface area contributed by atoms with Crippen LogP contribution < -0.4 is 11.1 Å². The quantitative estimate of drug-likeness (QED) is 0.346. The number of hydrogen-bond donors (Lipinski definition) is 3. The van der Waals surface area contributed by atoms with Crippen molar-refractivity contribution in [1.29, 1.82) is 0 Å². The SMILES string of the molecule is N/C(=N/O)c1ccc(CNc2cc(Cl)ccc2F)c(Cl)c1. The molecule has 0 fully saturated rings. The van der Waals surface area contributed by atoms with Gasteiger partial charge in [0.05, 0.1) is 5.69 Å². The molecule has 0 atom stereocenters. The fraction of sp³-hybridized carbons (Fsp3) is 0.0714. The molecule has 4 N–H and O–H groups in total. The van der Waals surface area contributed by atoms with E-state index in [0.29, 0.717) is 27.8 Å². The number of halogens is 3. The van der Waals surface area contributed by atoms with Gasteiger partial charge in [-0.25, -0.2) is 4.39 Å². The summed E-state index contributed by atoms with van der Waals surface area (Å²) in [5.74, 6) is -0.430. The Hall–Kier alpha value is -1.98. The lowest BCUT2D eigenvalue weighted by Crippen LogP contribution is -2.13. The molecule has 0 heterocycles. The Morgan fingerprint density at radius 3 is 2.67 bits per heavy atom. The third kappa shape index (κ3) is 3.77. The van der Waals surface area contributed by atoms with Gasteiger partial charge < -0.3 is 16.3 Å². The highest BCUT2D eigenvalue weighted by Crippen LogP contribution is 2.23. The molecule has 2 rings (SSSR count). The van der Waals surface area contributed by atoms with Crippen LogP contribution in [-0.2, 0) is 6.54 Å². The summed E-state index contributed by atoms with van der Waals surface area (Å²) in [4.78, 5) is 0. The third-order valence-electron chi connectivity index (χ3n) is 2.85. The van der Waals surface area contributed by atoms with Crippen molar-refractivity contribution >= 4 is 34.7 Å². The summed E-state index contributed by atoms with van der Waals surface area (Å²) < 4.78 is 13.6. The molecule has 0 aliphatic carbocycles. The van der Waals surface area contributed by atoms with Crippen molar-refractivity contribution in [3.05, 3.63) is 63.4 Å². The second kappa shape index (κ2) is 6.65. The molecule has 21 heavy (non-hydrogen) atoms. The number of nitrogens with one attached hydrogen (secondary N) is 1. The Labute approximate surface area is 131 Å². The van der Waals surface area contributed by atoms with Gasteiger partial charge in [-0.05, 0) is 29.8 Å². The summed E-state index contributed by atoms with van der Waals surface area (Å²) in [6.45, 7) is 0.312. The Morgan fingerprint density at radius 1 is 1.24 bits per heavy atom. The zero-order valence-corrected chi connectivity index (χ0v) is 12.3. The second-order valence-corrected chi connectivity index (χ2v) is 5.11. The lowest BCUT2D eigenvalue weighted by atomic mass is 10.1. The second-order valence-electron chi connectivity index (χ2n) is 4.27. The Morgan fingerprint density at radius 2 is 2.00 bits per heavy atom. The van der Waals surface area contributed by atoms with Crippen molar-refractivity contribution in [2.45, 2.75) is 6.54 Å². The predicted octanol–water partition coefficient (Wildman–Crippen LogP) is 3.84. The van der Waals surface area contributed by atoms with Crippen molar-refractivity contribution in [3.63, 3.8) is 0 Å². The van der Waals surface area contributed by atoms with Crippen LogP contribution in [0.5, 0.6) is 0 Å². The van der Waals surface area contributed by atoms with Crippen molar-refractivity contribution in [3.8, 4) is 0 Å². The molecular weight excluding hydrogens is 316 g/mol. The van der Waals surface area contributed by atoms with Gasteiger partial charge in [0.1, 0.15) is 5.82 Å². The highest BCUT2D eigenvalue weighted by Gasteiger charge is 2.07. The maximum Gasteiger partial charge on any atom is 0.170 e. The summed E-state index contributed by atoms with van der Waals surface area (Å²) >= 11 is 11.9. The number of oxime groups is 1. The number of nitrogens with zero attached hydrogens (tertiary/aromatic N) is 1. The van der Waals surface area contributed by atoms with Gasteiger partial charge >= 0.3 is 0 Å². The van der Waals surface area contributed by atoms with E-state index in [1.807, 2.05) is 0 Å². The van der Waals surface area contributed by atoms with Crippen LogP contribution in [-0.4, -0.2) is 11.0 Å². The van der Waals surface area contributed by atoms with E-state index in [2.05, 4.69) is 10.5 Å². The van der Waals surface area contributed by atoms with Crippen LogP contribution in [0.2, 0.25) is 10.0 Å². The molecule has 0 aliphatic rings. The molecule has 0 saturated heterocycles. The maximum absolute atomic E-state index is 13.6. The summed E-state index contributed by atoms with van der Waals surface area (Å²) in [5.41, 5.74) is 7.01. The fourth-order valence-corrected chi connectivity index (χ4v) is 2.15. The lowest BCUT2D eigenvalue weighted by molar-refractivity contribution is 0.318. The van der Waals surface area contributed by atoms with Gasteiger partial charge in [0.15, 0.2) is 5.84 Å². The molecule has 2 aromatic rings. The number of rotatable bonds is 4. The zero-order valence-electron chi connectivity index (χ0n) is 10.8. The molecule has 0 radical (unpaired) electrons. The van der Waals surface area contributed by atoms with E-state index in [4.69, 9.17) is 34.1 Å². The summed E-state index contributed by atoms with van der Waals surface area (Å²) in [7, 11) is 0. The minimum atomic E-state index is -0.399. The van der Waals surface area contributed by atoms with E-state index < -0.39 is 5.82 Å². The van der Waals surface area contributed by atoms with Crippen molar-refractivity contribution in [1.82, 2.24) is 0 Å². The molecule has 0 bridgehead atoms. The van der Waals surface area contributed by atoms with Crippen molar-refractivity contribution in [2.24, 2.45) is 10.9 Å². The number of nitrogens with two attached hydrogens (primary N) is 1. The smallest absolute Gasteiger partial charge is 0.170 e. The Balaban J connectivity index is 2.15. The lowest BCUT2D eigenvalue weighted by Gasteiger charge is -2.10. The third-order valence-corrected chi connectivity index (χ3v) is 3.44. The molecule has 2 aromatic carbocycles. The molecule has 0 aromatic heterocycles. The summed E-state index contributed by atoms with van der Waals surface area (Å²) in [5, 5.41) is 15.3. The normalized spacial score (nSPS) is 11.5. The number of hydrogen-bond acceptors (Lipinski definition) is 3. The van der Waals surface area contributed by atoms with Crippen LogP contribution in [0.1, 0.15) is 11.1 Å². The minimum absolute atomic E-state index is 0.0303. The maximum atomic E-state index is 13.6. The molecular formula is C14H12Cl2FN3O. The molecule has 0 saturated carbocycles. The van der Waals surface area contributed by atoms with E-state index in [1.165, 1.54) is 18.2 Å². The first kappa shape index (κ1) is 15.4. The fourth-order valence-electron chi connectivity index (χ4n) is 1.73. The standard InChI is InChI=1S/C14H12Cl2FN3O/c15-10-3-4-12(17)13(6-10)19-7-9-2-1-8(5-11(9)16)14(18)20-21/h1-6,19,21H,7H2,(H2,18,20). The van der Waals surface area contributed by atoms with E-state index in [-0.39, 0.29) is 5.84 Å². The van der Waals surface area contributed by atoms with Gasteiger partial charge in [-0.15, -0.1) is 0 Å². The monoisotopic (exact) mass is 327 g/mol. The van der Waals surface area contributed by atoms with E-state index >= 15 is 0 Å². The van der Waals surface area contributed by atoms with Crippen LogP contribution in [0.4, 0.5) is 10.1 Å². The molecule has 4 nitrogen and oxygen atoms in total. The van der Waals surface area contributed by atoms with Crippen LogP contribution in [0.25, 0.3) is 0 Å². The van der Waals surface area contributed by atoms with Crippen LogP contribution in [0.3, 0.4) is 0 Å². The number of benzene rings is 2. The highest BCUT2D eigenvalue weighted by molar-refractivity contribution is 6.32. The van der Waals surface area contributed by atoms with Gasteiger partial charge in [0.2, 0.25) is 0 Å². The number of anilines is 1. The summed E-state index contributed by atoms with van der Waals surface area (Å²) in [6.07, 6.45) is 0. The van der Waals surface area contributed by atoms with Crippen LogP contribution >= 0.6 is 23.2 Å². The first-order valence-electron chi connectivity index (χ1n) is 5.96. The van der Waals surface area contributed by atoms with Crippen LogP contribution in [0, 0.1) is 5.82 Å². The minimum Gasteiger partial charge on any atom is -0.409 e. The van der Waals surface area contributed by atoms with E-state index in [1.54, 1.807) is 18.2 Å². The van der Waals surface area contributed by atoms with E-state index in [0.717, 1.165) is 5.56 Å². The molecule has 0 spiro atoms. The van der Waals surface area contributed by atoms with Gasteiger partial charge in [0, 0.05) is 22.2 Å². The zero-order chi connectivity index (χ0) is 15.4. The molecule has 7 heteroatoms. The first-order chi connectivity index (χ1) is 10.0. The van der Waals surface area contributed by atoms with Crippen molar-refractivity contribution < 1.29 is 9.60 Å². The van der Waals surface area contributed by atoms with E-state index in [9.17, 15) is 4.39 Å². The Bertz CT molecular complexity index is 692. The molecule has 0 aliphatic heterocycles. The van der Waals surface area contributed by atoms with Gasteiger partial charge in [-0.1, -0.05) is 40.5 Å². The summed E-state index contributed by atoms with van der Waals surface area (Å²) in [6, 6.07) is 9.20. The number of amidine groups is 1. The first-order valence-corrected chi connectivity index (χ1v) is 6.72. The molecule has 0 unspecified atom stereocenters. The highest BCUT2D eigenvalue weighted by atomic mass is 35.5. The van der Waals surface area contributed by atoms with Crippen molar-refractivity contribution in [2.75, 3.05) is 5.32 Å². The average Bonchev–Trinajstić information content (AvgIpc) is 2.48. The van der Waals surface area contributed by atoms with Gasteiger partial charge in [-0.3, -0.25) is 0 Å². The molecule has 0 amide bonds. The van der Waals surface area contributed by atoms with Gasteiger partial charge in [-0.2, -0.15) is 0 Å².